The average molecular weight is 1280 g/mol. The molecular formula is C59H54Au2P2Si2+2. The van der Waals surface area contributed by atoms with Crippen molar-refractivity contribution in [1.29, 1.82) is 0 Å². The smallest absolute Gasteiger partial charge is 0.366 e. The molecule has 0 atom stereocenters. The van der Waals surface area contributed by atoms with E-state index in [9.17, 15) is 0 Å². The van der Waals surface area contributed by atoms with E-state index in [0.717, 1.165) is 11.1 Å². The van der Waals surface area contributed by atoms with Gasteiger partial charge < -0.3 is 12.8 Å². The van der Waals surface area contributed by atoms with Crippen molar-refractivity contribution < 1.29 is 44.8 Å². The Labute approximate surface area is 424 Å². The van der Waals surface area contributed by atoms with Gasteiger partial charge in [-0.25, -0.2) is 0 Å². The van der Waals surface area contributed by atoms with Crippen LogP contribution in [-0.2, 0) is 44.8 Å². The van der Waals surface area contributed by atoms with Crippen molar-refractivity contribution in [2.45, 2.75) is 44.9 Å². The van der Waals surface area contributed by atoms with E-state index in [2.05, 4.69) is 246 Å². The predicted octanol–water partition coefficient (Wildman–Crippen LogP) is 10.3. The molecule has 2 aliphatic rings. The number of hydrogen-bond acceptors (Lipinski definition) is 0. The van der Waals surface area contributed by atoms with Gasteiger partial charge in [0.2, 0.25) is 0 Å². The zero-order chi connectivity index (χ0) is 44.2. The van der Waals surface area contributed by atoms with E-state index in [1.807, 2.05) is 12.1 Å². The molecule has 6 heteroatoms. The van der Waals surface area contributed by atoms with E-state index < -0.39 is 32.0 Å². The van der Waals surface area contributed by atoms with Gasteiger partial charge in [-0.05, 0) is 91.5 Å². The monoisotopic (exact) mass is 1270 g/mol. The topological polar surface area (TPSA) is 0 Å². The summed E-state index contributed by atoms with van der Waals surface area (Å²) in [4.78, 5) is 0.154. The third-order valence-corrected chi connectivity index (χ3v) is 27.7. The fourth-order valence-electron chi connectivity index (χ4n) is 9.92. The fourth-order valence-corrected chi connectivity index (χ4v) is 24.5. The van der Waals surface area contributed by atoms with Crippen LogP contribution in [0.15, 0.2) is 206 Å². The molecule has 0 fully saturated rings. The molecule has 0 bridgehead atoms. The molecule has 0 amide bonds. The third-order valence-electron chi connectivity index (χ3n) is 13.0. The second-order valence-electron chi connectivity index (χ2n) is 18.0. The number of hydrogen-bond donors (Lipinski definition) is 0. The summed E-state index contributed by atoms with van der Waals surface area (Å²) in [6.07, 6.45) is 14.5. The van der Waals surface area contributed by atoms with Gasteiger partial charge in [0.1, 0.15) is 53.2 Å². The van der Waals surface area contributed by atoms with Crippen LogP contribution in [-0.4, -0.2) is 21.0 Å². The molecule has 0 unspecified atom stereocenters. The van der Waals surface area contributed by atoms with Crippen LogP contribution in [0.25, 0.3) is 22.3 Å². The molecule has 0 spiro atoms. The Balaban J connectivity index is 0.000000168. The maximum absolute atomic E-state index is 7.25. The molecule has 65 heavy (non-hydrogen) atoms. The van der Waals surface area contributed by atoms with E-state index in [0.29, 0.717) is 0 Å². The van der Waals surface area contributed by atoms with Crippen LogP contribution in [0.3, 0.4) is 0 Å². The molecule has 0 aliphatic carbocycles. The fraction of sp³-hybridized carbons (Fsp3) is 0.119. The van der Waals surface area contributed by atoms with Crippen molar-refractivity contribution in [2.24, 2.45) is 0 Å². The Bertz CT molecular complexity index is 2670. The first-order valence-corrected chi connectivity index (χ1v) is 30.8. The Hall–Kier alpha value is -4.35. The van der Waals surface area contributed by atoms with Crippen molar-refractivity contribution in [3.8, 4) is 34.1 Å². The van der Waals surface area contributed by atoms with Crippen molar-refractivity contribution in [1.82, 2.24) is 0 Å². The quantitative estimate of drug-likeness (QED) is 0.0674. The maximum atomic E-state index is 7.25. The maximum Gasteiger partial charge on any atom is 1.00 e. The Kier molecular flexibility index (Phi) is 16.6. The summed E-state index contributed by atoms with van der Waals surface area (Å²) in [5.74, 6) is 4.96. The van der Waals surface area contributed by atoms with Crippen LogP contribution in [0, 0.1) is 24.7 Å². The molecule has 8 aromatic rings. The minimum Gasteiger partial charge on any atom is -0.366 e. The summed E-state index contributed by atoms with van der Waals surface area (Å²) in [6, 6.07) is 74.6. The predicted molar refractivity (Wildman–Crippen MR) is 285 cm³/mol. The number of fused-ring (bicyclic) bond motifs is 6. The van der Waals surface area contributed by atoms with Gasteiger partial charge in [0, 0.05) is 13.8 Å². The van der Waals surface area contributed by atoms with Crippen molar-refractivity contribution in [3.05, 3.63) is 230 Å². The molecular weight excluding hydrogens is 1220 g/mol. The molecule has 8 aromatic carbocycles. The summed E-state index contributed by atoms with van der Waals surface area (Å²) in [7, 11) is -5.06. The van der Waals surface area contributed by atoms with Gasteiger partial charge in [-0.2, -0.15) is 0 Å². The van der Waals surface area contributed by atoms with Crippen LogP contribution in [0.2, 0.25) is 26.2 Å². The summed E-state index contributed by atoms with van der Waals surface area (Å²) in [5, 5.41) is 11.9. The molecule has 0 radical (unpaired) electrons. The second kappa shape index (κ2) is 21.5. The minimum atomic E-state index is -1.51. The molecule has 10 rings (SSSR count). The van der Waals surface area contributed by atoms with E-state index >= 15 is 0 Å². The molecule has 2 aliphatic heterocycles. The number of benzene rings is 8. The summed E-state index contributed by atoms with van der Waals surface area (Å²) >= 11 is 0. The van der Waals surface area contributed by atoms with Gasteiger partial charge in [0.05, 0.1) is 0 Å². The largest absolute Gasteiger partial charge is 1.00 e. The van der Waals surface area contributed by atoms with Crippen LogP contribution < -0.4 is 42.0 Å². The SMILES string of the molecule is CC(C)([PH+](c1ccccc1)c1ccccc1)[PH+](c1ccccc1)c1ccccc1.[Au+].[Au+].[C-]#Cc1ccc2c(c1)-c1ccccc1[Si]2(C)C.[C-]#Cc1ccc2c(c1)-c1ccccc1[Si]2(C)C. The van der Waals surface area contributed by atoms with Crippen molar-refractivity contribution in [3.63, 3.8) is 0 Å². The van der Waals surface area contributed by atoms with E-state index in [1.165, 1.54) is 64.2 Å². The van der Waals surface area contributed by atoms with Gasteiger partial charge in [-0.15, -0.1) is 35.4 Å². The van der Waals surface area contributed by atoms with Gasteiger partial charge in [-0.3, -0.25) is 11.8 Å². The van der Waals surface area contributed by atoms with Crippen LogP contribution in [0.1, 0.15) is 25.0 Å². The molecule has 328 valence electrons. The Morgan fingerprint density at radius 1 is 0.354 bits per heavy atom. The third kappa shape index (κ3) is 10.2. The summed E-state index contributed by atoms with van der Waals surface area (Å²) in [6.45, 7) is 14.6. The van der Waals surface area contributed by atoms with E-state index in [4.69, 9.17) is 12.8 Å². The molecule has 0 N–H and O–H groups in total. The second-order valence-corrected chi connectivity index (χ2v) is 33.4. The number of rotatable bonds is 6. The van der Waals surface area contributed by atoms with Crippen LogP contribution in [0.4, 0.5) is 0 Å². The van der Waals surface area contributed by atoms with Crippen molar-refractivity contribution in [2.75, 3.05) is 0 Å². The molecule has 0 nitrogen and oxygen atoms in total. The first kappa shape index (κ1) is 50.1. The van der Waals surface area contributed by atoms with E-state index in [-0.39, 0.29) is 49.7 Å². The minimum absolute atomic E-state index is 0. The zero-order valence-electron chi connectivity index (χ0n) is 37.7. The average Bonchev–Trinajstić information content (AvgIpc) is 3.69. The molecule has 0 saturated carbocycles. The van der Waals surface area contributed by atoms with Gasteiger partial charge in [0.25, 0.3) is 0 Å². The van der Waals surface area contributed by atoms with Gasteiger partial charge in [-0.1, -0.05) is 160 Å². The first-order valence-electron chi connectivity index (χ1n) is 21.8. The first-order chi connectivity index (χ1) is 30.5. The molecule has 2 heterocycles. The van der Waals surface area contributed by atoms with Gasteiger partial charge >= 0.3 is 44.8 Å². The summed E-state index contributed by atoms with van der Waals surface area (Å²) < 4.78 is 0. The molecule has 0 saturated heterocycles. The standard InChI is InChI=1S/C27H26P2.2C16H13Si.2Au/c1-27(2,28(23-15-7-3-8-16-23)24-17-9-4-10-18-24)29(25-19-11-5-12-20-25)26-21-13-6-14-22-26;2*1-4-12-9-10-16-14(11-12)13-7-5-6-8-15(13)17(16,2)3;;/h3-22H,1-2H3;2*5-11H,2-3H3;;/q;2*-1;2*+1/p+2. The van der Waals surface area contributed by atoms with Crippen molar-refractivity contribution >= 4 is 74.0 Å². The zero-order valence-corrected chi connectivity index (χ0v) is 46.1. The Morgan fingerprint density at radius 2 is 0.615 bits per heavy atom. The summed E-state index contributed by atoms with van der Waals surface area (Å²) in [5.41, 5.74) is 7.08. The van der Waals surface area contributed by atoms with Crippen LogP contribution in [0.5, 0.6) is 0 Å². The normalized spacial score (nSPS) is 13.0. The Morgan fingerprint density at radius 3 is 0.908 bits per heavy atom. The molecule has 0 aromatic heterocycles. The van der Waals surface area contributed by atoms with Crippen LogP contribution >= 0.6 is 15.8 Å². The van der Waals surface area contributed by atoms with E-state index in [1.54, 1.807) is 0 Å². The van der Waals surface area contributed by atoms with Gasteiger partial charge in [0.15, 0.2) is 4.90 Å².